The van der Waals surface area contributed by atoms with Gasteiger partial charge in [0.1, 0.15) is 0 Å². The molecule has 0 radical (unpaired) electrons. The lowest BCUT2D eigenvalue weighted by atomic mass is 9.89. The van der Waals surface area contributed by atoms with Gasteiger partial charge < -0.3 is 11.5 Å². The van der Waals surface area contributed by atoms with Gasteiger partial charge in [-0.05, 0) is 31.8 Å². The Balaban J connectivity index is 2.24. The zero-order valence-electron chi connectivity index (χ0n) is 10.7. The predicted octanol–water partition coefficient (Wildman–Crippen LogP) is 0.833. The Morgan fingerprint density at radius 1 is 1.44 bits per heavy atom. The largest absolute Gasteiger partial charge is 0.366 e. The molecule has 0 saturated carbocycles. The van der Waals surface area contributed by atoms with Gasteiger partial charge in [-0.25, -0.2) is 0 Å². The molecular weight excluding hydrogens is 246 g/mol. The lowest BCUT2D eigenvalue weighted by molar-refractivity contribution is 0.100. The second-order valence-corrected chi connectivity index (χ2v) is 6.12. The fourth-order valence-corrected chi connectivity index (χ4v) is 3.84. The van der Waals surface area contributed by atoms with Gasteiger partial charge in [0.05, 0.1) is 4.87 Å². The smallest absolute Gasteiger partial charge is 0.248 e. The van der Waals surface area contributed by atoms with Crippen LogP contribution < -0.4 is 11.5 Å². The van der Waals surface area contributed by atoms with E-state index in [1.807, 2.05) is 23.9 Å². The number of thioether (sulfide) groups is 1. The number of hydrogen-bond donors (Lipinski definition) is 2. The summed E-state index contributed by atoms with van der Waals surface area (Å²) in [5.41, 5.74) is 13.0. The highest BCUT2D eigenvalue weighted by Gasteiger charge is 2.49. The van der Waals surface area contributed by atoms with Crippen molar-refractivity contribution in [1.29, 1.82) is 0 Å². The first-order valence-electron chi connectivity index (χ1n) is 5.92. The third kappa shape index (κ3) is 2.02. The van der Waals surface area contributed by atoms with Gasteiger partial charge in [-0.2, -0.15) is 0 Å². The van der Waals surface area contributed by atoms with Crippen LogP contribution in [-0.2, 0) is 0 Å². The van der Waals surface area contributed by atoms with Crippen molar-refractivity contribution in [3.05, 3.63) is 35.4 Å². The molecule has 4 nitrogen and oxygen atoms in total. The van der Waals surface area contributed by atoms with Crippen LogP contribution in [0.15, 0.2) is 24.3 Å². The molecule has 1 aliphatic heterocycles. The highest BCUT2D eigenvalue weighted by molar-refractivity contribution is 8.02. The molecule has 5 heteroatoms. The molecule has 0 aliphatic carbocycles. The first-order chi connectivity index (χ1) is 8.51. The van der Waals surface area contributed by atoms with Crippen LogP contribution in [0.5, 0.6) is 0 Å². The minimum atomic E-state index is -0.387. The SMILES string of the molecule is CN(C)[C@]1(CN)SCC1c1ccc(C(N)=O)cc1. The molecule has 1 fully saturated rings. The number of hydrogen-bond acceptors (Lipinski definition) is 4. The fraction of sp³-hybridized carbons (Fsp3) is 0.462. The van der Waals surface area contributed by atoms with Crippen molar-refractivity contribution in [3.8, 4) is 0 Å². The van der Waals surface area contributed by atoms with Crippen molar-refractivity contribution in [2.75, 3.05) is 26.4 Å². The first-order valence-corrected chi connectivity index (χ1v) is 6.91. The number of rotatable bonds is 4. The van der Waals surface area contributed by atoms with E-state index in [-0.39, 0.29) is 10.8 Å². The summed E-state index contributed by atoms with van der Waals surface area (Å²) in [6.45, 7) is 0.618. The molecule has 0 spiro atoms. The van der Waals surface area contributed by atoms with Crippen molar-refractivity contribution < 1.29 is 4.79 Å². The van der Waals surface area contributed by atoms with E-state index in [1.165, 1.54) is 5.56 Å². The summed E-state index contributed by atoms with van der Waals surface area (Å²) < 4.78 is 0. The van der Waals surface area contributed by atoms with Gasteiger partial charge in [0.2, 0.25) is 5.91 Å². The van der Waals surface area contributed by atoms with Crippen molar-refractivity contribution in [3.63, 3.8) is 0 Å². The molecule has 4 N–H and O–H groups in total. The van der Waals surface area contributed by atoms with Crippen molar-refractivity contribution in [1.82, 2.24) is 4.90 Å². The molecule has 1 unspecified atom stereocenters. The third-order valence-electron chi connectivity index (χ3n) is 3.69. The fourth-order valence-electron chi connectivity index (χ4n) is 2.42. The number of amides is 1. The number of carbonyl (C=O) groups is 1. The Morgan fingerprint density at radius 2 is 2.06 bits per heavy atom. The van der Waals surface area contributed by atoms with Gasteiger partial charge in [-0.1, -0.05) is 12.1 Å². The van der Waals surface area contributed by atoms with Crippen LogP contribution in [0.1, 0.15) is 21.8 Å². The summed E-state index contributed by atoms with van der Waals surface area (Å²) in [6.07, 6.45) is 0. The summed E-state index contributed by atoms with van der Waals surface area (Å²) in [4.78, 5) is 13.2. The van der Waals surface area contributed by atoms with E-state index in [0.717, 1.165) is 5.75 Å². The highest BCUT2D eigenvalue weighted by Crippen LogP contribution is 2.52. The summed E-state index contributed by atoms with van der Waals surface area (Å²) in [6, 6.07) is 7.55. The Kier molecular flexibility index (Phi) is 3.66. The molecule has 1 amide bonds. The molecular formula is C13H19N3OS. The zero-order valence-corrected chi connectivity index (χ0v) is 11.5. The topological polar surface area (TPSA) is 72.3 Å². The Hall–Kier alpha value is -1.04. The molecule has 1 aliphatic rings. The van der Waals surface area contributed by atoms with E-state index in [0.29, 0.717) is 18.0 Å². The van der Waals surface area contributed by atoms with Crippen molar-refractivity contribution in [2.24, 2.45) is 11.5 Å². The molecule has 2 rings (SSSR count). The molecule has 18 heavy (non-hydrogen) atoms. The minimum absolute atomic E-state index is 0.0196. The van der Waals surface area contributed by atoms with E-state index >= 15 is 0 Å². The van der Waals surface area contributed by atoms with Gasteiger partial charge >= 0.3 is 0 Å². The molecule has 1 aromatic carbocycles. The molecule has 98 valence electrons. The average Bonchev–Trinajstić information content (AvgIpc) is 2.29. The number of benzene rings is 1. The molecule has 1 heterocycles. The monoisotopic (exact) mass is 265 g/mol. The zero-order chi connectivity index (χ0) is 13.3. The van der Waals surface area contributed by atoms with Crippen molar-refractivity contribution in [2.45, 2.75) is 10.8 Å². The van der Waals surface area contributed by atoms with Gasteiger partial charge in [0.25, 0.3) is 0 Å². The number of nitrogens with zero attached hydrogens (tertiary/aromatic N) is 1. The van der Waals surface area contributed by atoms with Gasteiger partial charge in [-0.3, -0.25) is 9.69 Å². The van der Waals surface area contributed by atoms with Crippen LogP contribution in [0.2, 0.25) is 0 Å². The molecule has 0 aromatic heterocycles. The Bertz CT molecular complexity index is 442. The lowest BCUT2D eigenvalue weighted by Gasteiger charge is -2.52. The standard InChI is InChI=1S/C13H19N3OS/c1-16(2)13(8-14)11(7-18-13)9-3-5-10(6-4-9)12(15)17/h3-6,11H,7-8,14H2,1-2H3,(H2,15,17)/t11?,13-/m1/s1. The van der Waals surface area contributed by atoms with Crippen LogP contribution >= 0.6 is 11.8 Å². The first kappa shape index (κ1) is 13.4. The third-order valence-corrected chi connectivity index (χ3v) is 5.51. The molecule has 2 atom stereocenters. The van der Waals surface area contributed by atoms with Crippen LogP contribution in [0, 0.1) is 0 Å². The predicted molar refractivity (Wildman–Crippen MR) is 75.6 cm³/mol. The highest BCUT2D eigenvalue weighted by atomic mass is 32.2. The maximum Gasteiger partial charge on any atom is 0.248 e. The maximum absolute atomic E-state index is 11.0. The van der Waals surface area contributed by atoms with Crippen molar-refractivity contribution >= 4 is 17.7 Å². The molecule has 1 aromatic rings. The minimum Gasteiger partial charge on any atom is -0.366 e. The van der Waals surface area contributed by atoms with Crippen LogP contribution in [0.25, 0.3) is 0 Å². The Labute approximate surface area is 112 Å². The molecule has 1 saturated heterocycles. The second-order valence-electron chi connectivity index (χ2n) is 4.79. The van der Waals surface area contributed by atoms with E-state index in [9.17, 15) is 4.79 Å². The summed E-state index contributed by atoms with van der Waals surface area (Å²) >= 11 is 1.88. The van der Waals surface area contributed by atoms with E-state index in [4.69, 9.17) is 11.5 Å². The number of nitrogens with two attached hydrogens (primary N) is 2. The van der Waals surface area contributed by atoms with E-state index in [2.05, 4.69) is 19.0 Å². The van der Waals surface area contributed by atoms with Crippen LogP contribution in [0.4, 0.5) is 0 Å². The number of primary amides is 1. The summed E-state index contributed by atoms with van der Waals surface area (Å²) in [5, 5.41) is 0. The number of carbonyl (C=O) groups excluding carboxylic acids is 1. The van der Waals surface area contributed by atoms with Crippen LogP contribution in [0.3, 0.4) is 0 Å². The van der Waals surface area contributed by atoms with Crippen LogP contribution in [-0.4, -0.2) is 42.1 Å². The second kappa shape index (κ2) is 4.91. The van der Waals surface area contributed by atoms with E-state index < -0.39 is 0 Å². The quantitative estimate of drug-likeness (QED) is 0.846. The Morgan fingerprint density at radius 3 is 2.39 bits per heavy atom. The summed E-state index contributed by atoms with van der Waals surface area (Å²) in [5.74, 6) is 1.08. The molecule has 0 bridgehead atoms. The normalized spacial score (nSPS) is 27.0. The van der Waals surface area contributed by atoms with Gasteiger partial charge in [0, 0.05) is 23.8 Å². The van der Waals surface area contributed by atoms with Gasteiger partial charge in [-0.15, -0.1) is 11.8 Å². The van der Waals surface area contributed by atoms with E-state index in [1.54, 1.807) is 12.1 Å². The lowest BCUT2D eigenvalue weighted by Crippen LogP contribution is -2.58. The average molecular weight is 265 g/mol. The maximum atomic E-state index is 11.0. The summed E-state index contributed by atoms with van der Waals surface area (Å²) in [7, 11) is 4.12. The van der Waals surface area contributed by atoms with Gasteiger partial charge in [0.15, 0.2) is 0 Å². The number of likely N-dealkylation sites (N-methyl/N-ethyl adjacent to an activating group) is 1.